The van der Waals surface area contributed by atoms with Gasteiger partial charge < -0.3 is 20.1 Å². The summed E-state index contributed by atoms with van der Waals surface area (Å²) in [6.45, 7) is 0. The van der Waals surface area contributed by atoms with E-state index in [0.717, 1.165) is 18.4 Å². The molecule has 2 unspecified atom stereocenters. The van der Waals surface area contributed by atoms with Crippen LogP contribution in [-0.4, -0.2) is 37.1 Å². The van der Waals surface area contributed by atoms with Crippen LogP contribution in [0, 0.1) is 0 Å². The molecule has 1 heterocycles. The lowest BCUT2D eigenvalue weighted by Gasteiger charge is -2.27. The lowest BCUT2D eigenvalue weighted by molar-refractivity contribution is -0.129. The standard InChI is InChI=1S/C15H20N2O3/c1-19-12-6-3-9(7-13(12)20-2)15-11(16)8-14(18)17(15)10-4-5-10/h3,6-7,10-11,15H,4-5,8,16H2,1-2H3. The van der Waals surface area contributed by atoms with Crippen LogP contribution in [0.15, 0.2) is 18.2 Å². The van der Waals surface area contributed by atoms with Crippen LogP contribution in [0.2, 0.25) is 0 Å². The van der Waals surface area contributed by atoms with Crippen molar-refractivity contribution in [2.24, 2.45) is 5.73 Å². The molecule has 1 aliphatic heterocycles. The van der Waals surface area contributed by atoms with Gasteiger partial charge >= 0.3 is 0 Å². The van der Waals surface area contributed by atoms with E-state index in [4.69, 9.17) is 15.2 Å². The highest BCUT2D eigenvalue weighted by Gasteiger charge is 2.46. The largest absolute Gasteiger partial charge is 0.493 e. The van der Waals surface area contributed by atoms with Gasteiger partial charge in [0, 0.05) is 18.5 Å². The van der Waals surface area contributed by atoms with E-state index >= 15 is 0 Å². The number of likely N-dealkylation sites (tertiary alicyclic amines) is 1. The lowest BCUT2D eigenvalue weighted by atomic mass is 10.00. The van der Waals surface area contributed by atoms with Crippen LogP contribution in [0.5, 0.6) is 11.5 Å². The van der Waals surface area contributed by atoms with Crippen molar-refractivity contribution in [3.63, 3.8) is 0 Å². The Hall–Kier alpha value is -1.75. The first-order valence-electron chi connectivity index (χ1n) is 6.94. The molecular formula is C15H20N2O3. The van der Waals surface area contributed by atoms with Gasteiger partial charge in [-0.05, 0) is 30.5 Å². The van der Waals surface area contributed by atoms with Crippen LogP contribution in [0.4, 0.5) is 0 Å². The quantitative estimate of drug-likeness (QED) is 0.904. The summed E-state index contributed by atoms with van der Waals surface area (Å²) in [6.07, 6.45) is 2.60. The number of nitrogens with zero attached hydrogens (tertiary/aromatic N) is 1. The molecule has 0 aromatic heterocycles. The van der Waals surface area contributed by atoms with Crippen LogP contribution in [0.1, 0.15) is 30.9 Å². The van der Waals surface area contributed by atoms with Crippen LogP contribution >= 0.6 is 0 Å². The molecular weight excluding hydrogens is 256 g/mol. The molecule has 1 aliphatic carbocycles. The molecule has 5 heteroatoms. The second-order valence-electron chi connectivity index (χ2n) is 5.46. The number of carbonyl (C=O) groups excluding carboxylic acids is 1. The Morgan fingerprint density at radius 1 is 1.20 bits per heavy atom. The minimum atomic E-state index is -0.152. The number of nitrogens with two attached hydrogens (primary N) is 1. The molecule has 1 aromatic rings. The van der Waals surface area contributed by atoms with Gasteiger partial charge in [0.15, 0.2) is 11.5 Å². The molecule has 2 atom stereocenters. The minimum Gasteiger partial charge on any atom is -0.493 e. The van der Waals surface area contributed by atoms with Crippen LogP contribution in [0.3, 0.4) is 0 Å². The molecule has 1 saturated heterocycles. The normalized spacial score (nSPS) is 25.9. The highest BCUT2D eigenvalue weighted by molar-refractivity contribution is 5.81. The third-order valence-electron chi connectivity index (χ3n) is 4.09. The highest BCUT2D eigenvalue weighted by Crippen LogP contribution is 2.42. The van der Waals surface area contributed by atoms with E-state index in [1.807, 2.05) is 23.1 Å². The summed E-state index contributed by atoms with van der Waals surface area (Å²) < 4.78 is 10.6. The van der Waals surface area contributed by atoms with E-state index in [1.165, 1.54) is 0 Å². The summed E-state index contributed by atoms with van der Waals surface area (Å²) in [5.41, 5.74) is 7.21. The van der Waals surface area contributed by atoms with Gasteiger partial charge in [-0.2, -0.15) is 0 Å². The zero-order valence-electron chi connectivity index (χ0n) is 11.8. The van der Waals surface area contributed by atoms with Crippen LogP contribution < -0.4 is 15.2 Å². The Kier molecular flexibility index (Phi) is 3.30. The van der Waals surface area contributed by atoms with Crippen LogP contribution in [0.25, 0.3) is 0 Å². The molecule has 0 radical (unpaired) electrons. The van der Waals surface area contributed by atoms with E-state index in [1.54, 1.807) is 14.2 Å². The summed E-state index contributed by atoms with van der Waals surface area (Å²) in [7, 11) is 3.22. The number of carbonyl (C=O) groups is 1. The molecule has 3 rings (SSSR count). The maximum Gasteiger partial charge on any atom is 0.225 e. The fourth-order valence-corrected chi connectivity index (χ4v) is 3.01. The van der Waals surface area contributed by atoms with Crippen LogP contribution in [-0.2, 0) is 4.79 Å². The zero-order chi connectivity index (χ0) is 14.3. The smallest absolute Gasteiger partial charge is 0.225 e. The van der Waals surface area contributed by atoms with Crippen molar-refractivity contribution >= 4 is 5.91 Å². The minimum absolute atomic E-state index is 0.0465. The molecule has 20 heavy (non-hydrogen) atoms. The van der Waals surface area contributed by atoms with Crippen molar-refractivity contribution < 1.29 is 14.3 Å². The first-order chi connectivity index (χ1) is 9.65. The molecule has 5 nitrogen and oxygen atoms in total. The number of benzene rings is 1. The van der Waals surface area contributed by atoms with Gasteiger partial charge in [-0.3, -0.25) is 4.79 Å². The lowest BCUT2D eigenvalue weighted by Crippen LogP contribution is -2.34. The SMILES string of the molecule is COc1ccc(C2C(N)CC(=O)N2C2CC2)cc1OC. The van der Waals surface area contributed by atoms with E-state index in [-0.39, 0.29) is 18.0 Å². The second-order valence-corrected chi connectivity index (χ2v) is 5.46. The van der Waals surface area contributed by atoms with E-state index in [0.29, 0.717) is 24.0 Å². The van der Waals surface area contributed by atoms with Gasteiger partial charge in [-0.1, -0.05) is 6.07 Å². The first kappa shape index (κ1) is 13.2. The Labute approximate surface area is 118 Å². The average molecular weight is 276 g/mol. The summed E-state index contributed by atoms with van der Waals surface area (Å²) in [5, 5.41) is 0. The molecule has 108 valence electrons. The molecule has 1 saturated carbocycles. The third-order valence-corrected chi connectivity index (χ3v) is 4.09. The monoisotopic (exact) mass is 276 g/mol. The van der Waals surface area contributed by atoms with E-state index in [2.05, 4.69) is 0 Å². The Balaban J connectivity index is 1.96. The summed E-state index contributed by atoms with van der Waals surface area (Å²) in [6, 6.07) is 5.94. The van der Waals surface area contributed by atoms with Crippen molar-refractivity contribution in [2.45, 2.75) is 37.4 Å². The zero-order valence-corrected chi connectivity index (χ0v) is 11.8. The summed E-state index contributed by atoms with van der Waals surface area (Å²) in [4.78, 5) is 14.1. The van der Waals surface area contributed by atoms with Crippen molar-refractivity contribution in [3.8, 4) is 11.5 Å². The molecule has 1 amide bonds. The number of amides is 1. The van der Waals surface area contributed by atoms with Gasteiger partial charge in [0.05, 0.1) is 20.3 Å². The predicted molar refractivity (Wildman–Crippen MR) is 74.7 cm³/mol. The van der Waals surface area contributed by atoms with E-state index < -0.39 is 0 Å². The van der Waals surface area contributed by atoms with Crippen molar-refractivity contribution in [1.82, 2.24) is 4.90 Å². The fourth-order valence-electron chi connectivity index (χ4n) is 3.01. The summed E-state index contributed by atoms with van der Waals surface area (Å²) >= 11 is 0. The van der Waals surface area contributed by atoms with E-state index in [9.17, 15) is 4.79 Å². The Morgan fingerprint density at radius 3 is 2.50 bits per heavy atom. The third kappa shape index (κ3) is 2.12. The van der Waals surface area contributed by atoms with Crippen molar-refractivity contribution in [1.29, 1.82) is 0 Å². The topological polar surface area (TPSA) is 64.8 Å². The number of rotatable bonds is 4. The maximum absolute atomic E-state index is 12.1. The average Bonchev–Trinajstić information content (AvgIpc) is 3.23. The molecule has 2 aliphatic rings. The van der Waals surface area contributed by atoms with Gasteiger partial charge in [-0.15, -0.1) is 0 Å². The van der Waals surface area contributed by atoms with Gasteiger partial charge in [0.2, 0.25) is 5.91 Å². The number of hydrogen-bond donors (Lipinski definition) is 1. The van der Waals surface area contributed by atoms with Crippen molar-refractivity contribution in [2.75, 3.05) is 14.2 Å². The molecule has 2 fully saturated rings. The van der Waals surface area contributed by atoms with Gasteiger partial charge in [-0.25, -0.2) is 0 Å². The summed E-state index contributed by atoms with van der Waals surface area (Å²) in [5.74, 6) is 1.53. The number of hydrogen-bond acceptors (Lipinski definition) is 4. The molecule has 2 N–H and O–H groups in total. The second kappa shape index (κ2) is 4.98. The predicted octanol–water partition coefficient (Wildman–Crippen LogP) is 1.47. The maximum atomic E-state index is 12.1. The Bertz CT molecular complexity index is 528. The molecule has 1 aromatic carbocycles. The van der Waals surface area contributed by atoms with Crippen molar-refractivity contribution in [3.05, 3.63) is 23.8 Å². The van der Waals surface area contributed by atoms with Gasteiger partial charge in [0.1, 0.15) is 0 Å². The fraction of sp³-hybridized carbons (Fsp3) is 0.533. The number of methoxy groups -OCH3 is 2. The molecule has 0 spiro atoms. The molecule has 0 bridgehead atoms. The van der Waals surface area contributed by atoms with Gasteiger partial charge in [0.25, 0.3) is 0 Å². The first-order valence-corrected chi connectivity index (χ1v) is 6.94. The number of ether oxygens (including phenoxy) is 2. The Morgan fingerprint density at radius 2 is 1.90 bits per heavy atom. The highest BCUT2D eigenvalue weighted by atomic mass is 16.5.